The monoisotopic (exact) mass is 423 g/mol. The summed E-state index contributed by atoms with van der Waals surface area (Å²) in [5.41, 5.74) is 2.10. The van der Waals surface area contributed by atoms with E-state index < -0.39 is 6.10 Å². The van der Waals surface area contributed by atoms with E-state index in [1.165, 1.54) is 4.90 Å². The average Bonchev–Trinajstić information content (AvgIpc) is 3.52. The molecule has 5 rings (SSSR count). The number of likely N-dealkylation sites (N-methyl/N-ethyl adjacent to an activating group) is 1. The van der Waals surface area contributed by atoms with Crippen LogP contribution in [0.4, 0.5) is 0 Å². The lowest BCUT2D eigenvalue weighted by molar-refractivity contribution is -0.137. The Morgan fingerprint density at radius 3 is 2.81 bits per heavy atom. The molecule has 1 unspecified atom stereocenters. The molecular formula is C23H25N3O5. The summed E-state index contributed by atoms with van der Waals surface area (Å²) in [6, 6.07) is 5.43. The van der Waals surface area contributed by atoms with Crippen molar-refractivity contribution in [2.45, 2.75) is 64.0 Å². The first-order chi connectivity index (χ1) is 15.0. The molecule has 1 fully saturated rings. The van der Waals surface area contributed by atoms with Gasteiger partial charge in [-0.1, -0.05) is 5.16 Å². The molecule has 1 aromatic carbocycles. The zero-order chi connectivity index (χ0) is 21.5. The normalized spacial score (nSPS) is 16.7. The number of carbonyl (C=O) groups excluding carboxylic acids is 1. The minimum atomic E-state index is -0.721. The predicted molar refractivity (Wildman–Crippen MR) is 112 cm³/mol. The Labute approximate surface area is 179 Å². The molecule has 1 atom stereocenters. The number of benzene rings is 1. The van der Waals surface area contributed by atoms with E-state index in [0.717, 1.165) is 55.0 Å². The van der Waals surface area contributed by atoms with Crippen LogP contribution in [-0.4, -0.2) is 34.1 Å². The summed E-state index contributed by atoms with van der Waals surface area (Å²) in [7, 11) is 1.68. The number of fused-ring (bicyclic) bond motifs is 3. The van der Waals surface area contributed by atoms with Crippen LogP contribution in [0.1, 0.15) is 61.4 Å². The highest BCUT2D eigenvalue weighted by atomic mass is 16.5. The Bertz CT molecular complexity index is 1190. The zero-order valence-electron chi connectivity index (χ0n) is 17.7. The summed E-state index contributed by atoms with van der Waals surface area (Å²) >= 11 is 0. The number of hydrogen-bond donors (Lipinski definition) is 0. The van der Waals surface area contributed by atoms with Gasteiger partial charge in [-0.3, -0.25) is 4.79 Å². The predicted octanol–water partition coefficient (Wildman–Crippen LogP) is 3.36. The summed E-state index contributed by atoms with van der Waals surface area (Å²) in [4.78, 5) is 31.0. The second kappa shape index (κ2) is 7.83. The number of carbonyl (C=O) groups is 1. The molecule has 0 saturated heterocycles. The van der Waals surface area contributed by atoms with Crippen molar-refractivity contribution < 1.29 is 18.5 Å². The van der Waals surface area contributed by atoms with Crippen LogP contribution in [0.25, 0.3) is 11.0 Å². The molecule has 3 aromatic rings. The van der Waals surface area contributed by atoms with Gasteiger partial charge in [-0.2, -0.15) is 4.98 Å². The summed E-state index contributed by atoms with van der Waals surface area (Å²) in [6.07, 6.45) is 5.18. The Hall–Kier alpha value is -3.16. The third-order valence-corrected chi connectivity index (χ3v) is 6.02. The number of hydrogen-bond acceptors (Lipinski definition) is 7. The minimum Gasteiger partial charge on any atom is -0.481 e. The molecule has 2 heterocycles. The first-order valence-corrected chi connectivity index (χ1v) is 10.8. The first kappa shape index (κ1) is 19.8. The molecule has 2 aromatic heterocycles. The van der Waals surface area contributed by atoms with Crippen molar-refractivity contribution in [1.29, 1.82) is 0 Å². The summed E-state index contributed by atoms with van der Waals surface area (Å²) in [6.45, 7) is 1.94. The maximum Gasteiger partial charge on any atom is 0.339 e. The van der Waals surface area contributed by atoms with Crippen LogP contribution in [0, 0.1) is 0 Å². The Kier molecular flexibility index (Phi) is 5.00. The van der Waals surface area contributed by atoms with Gasteiger partial charge in [0, 0.05) is 30.0 Å². The smallest absolute Gasteiger partial charge is 0.339 e. The van der Waals surface area contributed by atoms with Gasteiger partial charge in [-0.05, 0) is 63.1 Å². The number of ether oxygens (including phenoxy) is 1. The van der Waals surface area contributed by atoms with E-state index in [1.807, 2.05) is 12.1 Å². The van der Waals surface area contributed by atoms with Crippen molar-refractivity contribution in [3.05, 3.63) is 51.5 Å². The van der Waals surface area contributed by atoms with Crippen LogP contribution in [0.5, 0.6) is 5.75 Å². The van der Waals surface area contributed by atoms with E-state index in [-0.39, 0.29) is 18.1 Å². The molecule has 0 spiro atoms. The molecule has 2 aliphatic carbocycles. The van der Waals surface area contributed by atoms with Crippen LogP contribution in [-0.2, 0) is 24.2 Å². The Morgan fingerprint density at radius 2 is 2.03 bits per heavy atom. The Morgan fingerprint density at radius 1 is 1.26 bits per heavy atom. The van der Waals surface area contributed by atoms with Crippen LogP contribution >= 0.6 is 0 Å². The van der Waals surface area contributed by atoms with Crippen molar-refractivity contribution in [3.63, 3.8) is 0 Å². The van der Waals surface area contributed by atoms with Crippen molar-refractivity contribution in [2.24, 2.45) is 0 Å². The van der Waals surface area contributed by atoms with E-state index in [9.17, 15) is 9.59 Å². The highest BCUT2D eigenvalue weighted by Gasteiger charge is 2.30. The number of aromatic nitrogens is 2. The molecule has 8 nitrogen and oxygen atoms in total. The molecule has 1 amide bonds. The fourth-order valence-corrected chi connectivity index (χ4v) is 4.18. The van der Waals surface area contributed by atoms with Gasteiger partial charge in [0.1, 0.15) is 11.3 Å². The summed E-state index contributed by atoms with van der Waals surface area (Å²) in [5, 5.41) is 4.90. The zero-order valence-corrected chi connectivity index (χ0v) is 17.7. The second-order valence-corrected chi connectivity index (χ2v) is 8.49. The molecule has 0 bridgehead atoms. The molecule has 31 heavy (non-hydrogen) atoms. The van der Waals surface area contributed by atoms with Crippen LogP contribution in [0.2, 0.25) is 0 Å². The lowest BCUT2D eigenvalue weighted by Crippen LogP contribution is -2.37. The van der Waals surface area contributed by atoms with E-state index in [4.69, 9.17) is 13.7 Å². The highest BCUT2D eigenvalue weighted by Crippen LogP contribution is 2.38. The Balaban J connectivity index is 1.29. The first-order valence-electron chi connectivity index (χ1n) is 10.8. The molecule has 0 radical (unpaired) electrons. The molecule has 2 aliphatic rings. The second-order valence-electron chi connectivity index (χ2n) is 8.49. The molecule has 1 saturated carbocycles. The quantitative estimate of drug-likeness (QED) is 0.561. The van der Waals surface area contributed by atoms with Gasteiger partial charge in [0.05, 0.1) is 6.54 Å². The fourth-order valence-electron chi connectivity index (χ4n) is 4.18. The van der Waals surface area contributed by atoms with Gasteiger partial charge < -0.3 is 18.6 Å². The summed E-state index contributed by atoms with van der Waals surface area (Å²) in [5.74, 6) is 1.80. The number of nitrogens with zero attached hydrogens (tertiary/aromatic N) is 3. The summed E-state index contributed by atoms with van der Waals surface area (Å²) < 4.78 is 16.7. The van der Waals surface area contributed by atoms with Crippen LogP contribution < -0.4 is 10.4 Å². The number of amides is 1. The lowest BCUT2D eigenvalue weighted by Gasteiger charge is -2.21. The topological polar surface area (TPSA) is 98.7 Å². The van der Waals surface area contributed by atoms with Crippen LogP contribution in [0.3, 0.4) is 0 Å². The van der Waals surface area contributed by atoms with Crippen molar-refractivity contribution in [1.82, 2.24) is 15.0 Å². The van der Waals surface area contributed by atoms with E-state index in [0.29, 0.717) is 29.0 Å². The van der Waals surface area contributed by atoms with E-state index in [1.54, 1.807) is 20.0 Å². The lowest BCUT2D eigenvalue weighted by atomic mass is 9.91. The van der Waals surface area contributed by atoms with E-state index >= 15 is 0 Å². The van der Waals surface area contributed by atoms with E-state index in [2.05, 4.69) is 10.1 Å². The van der Waals surface area contributed by atoms with Gasteiger partial charge >= 0.3 is 5.63 Å². The molecule has 0 N–H and O–H groups in total. The maximum atomic E-state index is 12.8. The van der Waals surface area contributed by atoms with Gasteiger partial charge in [-0.25, -0.2) is 4.79 Å². The molecule has 162 valence electrons. The van der Waals surface area contributed by atoms with Crippen LogP contribution in [0.15, 0.2) is 31.9 Å². The maximum absolute atomic E-state index is 12.8. The molecule has 0 aliphatic heterocycles. The molecule has 8 heteroatoms. The highest BCUT2D eigenvalue weighted by molar-refractivity contribution is 5.83. The van der Waals surface area contributed by atoms with Gasteiger partial charge in [0.2, 0.25) is 5.89 Å². The minimum absolute atomic E-state index is 0.204. The third-order valence-electron chi connectivity index (χ3n) is 6.02. The number of rotatable bonds is 6. The van der Waals surface area contributed by atoms with Gasteiger partial charge in [0.15, 0.2) is 11.9 Å². The largest absolute Gasteiger partial charge is 0.481 e. The SMILES string of the molecule is CC(Oc1ccc2c3c(c(=O)oc2c1)CCCC3)C(=O)N(C)Cc1noc(C2CC2)n1. The standard InChI is InChI=1S/C23H25N3O5/c1-13(22(27)26(2)12-20-24-21(31-25-20)14-7-8-14)29-15-9-10-17-16-5-3-4-6-18(16)23(28)30-19(17)11-15/h9-11,13-14H,3-8,12H2,1-2H3. The van der Waals surface area contributed by atoms with Crippen molar-refractivity contribution in [2.75, 3.05) is 7.05 Å². The number of aryl methyl sites for hydroxylation is 1. The van der Waals surface area contributed by atoms with Crippen molar-refractivity contribution in [3.8, 4) is 5.75 Å². The average molecular weight is 423 g/mol. The fraction of sp³-hybridized carbons (Fsp3) is 0.478. The third kappa shape index (κ3) is 3.94. The van der Waals surface area contributed by atoms with Gasteiger partial charge in [-0.15, -0.1) is 0 Å². The van der Waals surface area contributed by atoms with Gasteiger partial charge in [0.25, 0.3) is 5.91 Å². The molecular weight excluding hydrogens is 398 g/mol. The van der Waals surface area contributed by atoms with Crippen molar-refractivity contribution >= 4 is 16.9 Å².